The van der Waals surface area contributed by atoms with Gasteiger partial charge < -0.3 is 5.11 Å². The fraction of sp³-hybridized carbons (Fsp3) is 0.792. The molecule has 2 aliphatic carbocycles. The van der Waals surface area contributed by atoms with Crippen molar-refractivity contribution in [1.29, 1.82) is 0 Å². The van der Waals surface area contributed by atoms with Crippen LogP contribution in [0.1, 0.15) is 91.9 Å². The maximum absolute atomic E-state index is 11.6. The molecular weight excluding hydrogens is 320 g/mol. The predicted octanol–water partition coefficient (Wildman–Crippen LogP) is 6.49. The second-order valence-corrected chi connectivity index (χ2v) is 8.44. The van der Waals surface area contributed by atoms with Crippen LogP contribution in [0.2, 0.25) is 0 Å². The van der Waals surface area contributed by atoms with E-state index in [0.717, 1.165) is 38.5 Å². The van der Waals surface area contributed by atoms with Gasteiger partial charge in [-0.15, -0.1) is 0 Å². The maximum Gasteiger partial charge on any atom is 0.136 e. The summed E-state index contributed by atoms with van der Waals surface area (Å²) in [5.41, 5.74) is 2.53. The zero-order valence-corrected chi connectivity index (χ0v) is 17.7. The summed E-state index contributed by atoms with van der Waals surface area (Å²) in [5, 5.41) is 9.84. The number of hydrogen-bond donors (Lipinski definition) is 1. The molecule has 0 radical (unpaired) electrons. The van der Waals surface area contributed by atoms with Gasteiger partial charge in [-0.2, -0.15) is 0 Å². The summed E-state index contributed by atoms with van der Waals surface area (Å²) >= 11 is 0. The smallest absolute Gasteiger partial charge is 0.136 e. The van der Waals surface area contributed by atoms with E-state index in [-0.39, 0.29) is 12.0 Å². The van der Waals surface area contributed by atoms with Crippen molar-refractivity contribution in [2.24, 2.45) is 23.7 Å². The lowest BCUT2D eigenvalue weighted by molar-refractivity contribution is -0.125. The van der Waals surface area contributed by atoms with Gasteiger partial charge in [0, 0.05) is 12.3 Å². The third-order valence-electron chi connectivity index (χ3n) is 6.83. The molecule has 150 valence electrons. The van der Waals surface area contributed by atoms with Gasteiger partial charge in [0.1, 0.15) is 5.78 Å². The van der Waals surface area contributed by atoms with Gasteiger partial charge in [-0.25, -0.2) is 0 Å². The molecule has 2 heteroatoms. The minimum absolute atomic E-state index is 0.0768. The highest BCUT2D eigenvalue weighted by atomic mass is 16.3. The van der Waals surface area contributed by atoms with Crippen molar-refractivity contribution in [1.82, 2.24) is 0 Å². The third kappa shape index (κ3) is 6.68. The minimum Gasteiger partial charge on any atom is -0.393 e. The van der Waals surface area contributed by atoms with Crippen LogP contribution in [0.15, 0.2) is 24.3 Å². The van der Waals surface area contributed by atoms with Crippen LogP contribution in [0.3, 0.4) is 0 Å². The van der Waals surface area contributed by atoms with Crippen LogP contribution in [-0.4, -0.2) is 17.0 Å². The van der Waals surface area contributed by atoms with Crippen molar-refractivity contribution in [3.05, 3.63) is 24.3 Å². The molecule has 0 spiro atoms. The van der Waals surface area contributed by atoms with Crippen molar-refractivity contribution in [3.63, 3.8) is 0 Å². The van der Waals surface area contributed by atoms with Crippen molar-refractivity contribution in [3.8, 4) is 0 Å². The first-order valence-electron chi connectivity index (χ1n) is 10.9. The van der Waals surface area contributed by atoms with E-state index in [1.54, 1.807) is 0 Å². The molecule has 5 atom stereocenters. The van der Waals surface area contributed by atoms with E-state index in [2.05, 4.69) is 40.9 Å². The fourth-order valence-corrected chi connectivity index (χ4v) is 4.49. The Hall–Kier alpha value is -0.890. The Morgan fingerprint density at radius 2 is 1.50 bits per heavy atom. The zero-order chi connectivity index (χ0) is 19.7. The lowest BCUT2D eigenvalue weighted by Gasteiger charge is -2.33. The van der Waals surface area contributed by atoms with Crippen LogP contribution in [0.25, 0.3) is 0 Å². The molecule has 2 rings (SSSR count). The van der Waals surface area contributed by atoms with Crippen molar-refractivity contribution in [2.75, 3.05) is 0 Å². The first-order valence-corrected chi connectivity index (χ1v) is 10.9. The number of hydrogen-bond acceptors (Lipinski definition) is 2. The van der Waals surface area contributed by atoms with Gasteiger partial charge in [0.05, 0.1) is 6.10 Å². The Bertz CT molecular complexity index is 465. The first-order chi connectivity index (χ1) is 12.3. The predicted molar refractivity (Wildman–Crippen MR) is 112 cm³/mol. The zero-order valence-electron chi connectivity index (χ0n) is 17.7. The molecule has 2 saturated carbocycles. The van der Waals surface area contributed by atoms with Crippen molar-refractivity contribution < 1.29 is 9.90 Å². The normalized spacial score (nSPS) is 28.5. The van der Waals surface area contributed by atoms with Gasteiger partial charge in [0.15, 0.2) is 0 Å². The van der Waals surface area contributed by atoms with Gasteiger partial charge in [0.25, 0.3) is 0 Å². The number of Topliss-reactive ketones (excluding diaryl/α,β-unsaturated/α-hetero) is 1. The van der Waals surface area contributed by atoms with E-state index < -0.39 is 0 Å². The van der Waals surface area contributed by atoms with E-state index in [1.165, 1.54) is 36.8 Å². The molecule has 0 aliphatic heterocycles. The fourth-order valence-electron chi connectivity index (χ4n) is 4.49. The monoisotopic (exact) mass is 362 g/mol. The number of carbonyl (C=O) groups is 1. The third-order valence-corrected chi connectivity index (χ3v) is 6.83. The second kappa shape index (κ2) is 11.7. The topological polar surface area (TPSA) is 37.3 Å². The Balaban J connectivity index is 0.000000260. The van der Waals surface area contributed by atoms with Crippen LogP contribution < -0.4 is 0 Å². The molecule has 0 aromatic carbocycles. The Morgan fingerprint density at radius 3 is 2.04 bits per heavy atom. The molecule has 0 heterocycles. The van der Waals surface area contributed by atoms with Crippen LogP contribution in [0, 0.1) is 23.7 Å². The van der Waals surface area contributed by atoms with Crippen LogP contribution in [0.5, 0.6) is 0 Å². The SMILES string of the molecule is C=C(CC)C(C)C1CCCCC1=O.C=C(CC)C(C)C1CCCCC1O. The highest BCUT2D eigenvalue weighted by Gasteiger charge is 2.29. The van der Waals surface area contributed by atoms with Gasteiger partial charge in [-0.05, 0) is 56.3 Å². The minimum atomic E-state index is -0.0768. The van der Waals surface area contributed by atoms with Gasteiger partial charge in [0.2, 0.25) is 0 Å². The maximum atomic E-state index is 11.6. The lowest BCUT2D eigenvalue weighted by Crippen LogP contribution is -2.30. The molecule has 2 nitrogen and oxygen atoms in total. The summed E-state index contributed by atoms with van der Waals surface area (Å²) < 4.78 is 0. The van der Waals surface area contributed by atoms with E-state index in [9.17, 15) is 9.90 Å². The summed E-state index contributed by atoms with van der Waals surface area (Å²) in [4.78, 5) is 11.6. The number of carbonyl (C=O) groups excluding carboxylic acids is 1. The number of ketones is 1. The summed E-state index contributed by atoms with van der Waals surface area (Å²) in [6.07, 6.45) is 10.8. The van der Waals surface area contributed by atoms with E-state index in [4.69, 9.17) is 0 Å². The number of aliphatic hydroxyl groups excluding tert-OH is 1. The second-order valence-electron chi connectivity index (χ2n) is 8.44. The van der Waals surface area contributed by atoms with Crippen LogP contribution >= 0.6 is 0 Å². The number of rotatable bonds is 6. The highest BCUT2D eigenvalue weighted by molar-refractivity contribution is 5.82. The van der Waals surface area contributed by atoms with E-state index >= 15 is 0 Å². The van der Waals surface area contributed by atoms with Gasteiger partial charge >= 0.3 is 0 Å². The molecule has 0 saturated heterocycles. The molecule has 2 fully saturated rings. The van der Waals surface area contributed by atoms with E-state index in [1.807, 2.05) is 0 Å². The van der Waals surface area contributed by atoms with E-state index in [0.29, 0.717) is 23.5 Å². The summed E-state index contributed by atoms with van der Waals surface area (Å²) in [5.74, 6) is 2.12. The molecule has 26 heavy (non-hydrogen) atoms. The number of aliphatic hydroxyl groups is 1. The Morgan fingerprint density at radius 1 is 0.962 bits per heavy atom. The molecule has 1 N–H and O–H groups in total. The molecule has 0 amide bonds. The average Bonchev–Trinajstić information content (AvgIpc) is 2.67. The van der Waals surface area contributed by atoms with Gasteiger partial charge in [-0.1, -0.05) is 71.3 Å². The highest BCUT2D eigenvalue weighted by Crippen LogP contribution is 2.34. The van der Waals surface area contributed by atoms with Crippen LogP contribution in [0.4, 0.5) is 0 Å². The van der Waals surface area contributed by atoms with Gasteiger partial charge in [-0.3, -0.25) is 4.79 Å². The van der Waals surface area contributed by atoms with Crippen molar-refractivity contribution in [2.45, 2.75) is 98.0 Å². The molecule has 0 bridgehead atoms. The summed E-state index contributed by atoms with van der Waals surface area (Å²) in [7, 11) is 0. The summed E-state index contributed by atoms with van der Waals surface area (Å²) in [6.45, 7) is 16.7. The quantitative estimate of drug-likeness (QED) is 0.548. The lowest BCUT2D eigenvalue weighted by atomic mass is 9.75. The molecular formula is C24H42O2. The molecule has 0 aromatic heterocycles. The Kier molecular flexibility index (Phi) is 10.5. The molecule has 2 aliphatic rings. The van der Waals surface area contributed by atoms with Crippen molar-refractivity contribution >= 4 is 5.78 Å². The average molecular weight is 363 g/mol. The first kappa shape index (κ1) is 23.1. The van der Waals surface area contributed by atoms with Crippen LogP contribution in [-0.2, 0) is 4.79 Å². The standard InChI is InChI=1S/C12H22O.C12H20O/c2*1-4-9(2)10(3)11-7-5-6-8-12(11)13/h10-13H,2,4-8H2,1,3H3;10-11H,2,4-8H2,1,3H3. The Labute approximate surface area is 162 Å². The molecule has 0 aromatic rings. The number of allylic oxidation sites excluding steroid dienone is 2. The molecule has 5 unspecified atom stereocenters. The largest absolute Gasteiger partial charge is 0.393 e. The summed E-state index contributed by atoms with van der Waals surface area (Å²) in [6, 6.07) is 0.